The fourth-order valence-electron chi connectivity index (χ4n) is 4.04. The molecule has 3 aromatic carbocycles. The van der Waals surface area contributed by atoms with Gasteiger partial charge in [0.15, 0.2) is 3.61 Å². The number of carbonyl (C=O) groups is 2. The molecule has 0 bridgehead atoms. The second kappa shape index (κ2) is 14.4. The highest BCUT2D eigenvalue weighted by molar-refractivity contribution is 14.1. The maximum Gasteiger partial charge on any atom is 0.573 e. The summed E-state index contributed by atoms with van der Waals surface area (Å²) >= 11 is 2.30. The van der Waals surface area contributed by atoms with Crippen molar-refractivity contribution in [1.29, 1.82) is 0 Å². The number of hydrogen-bond donors (Lipinski definition) is 2. The zero-order valence-electron chi connectivity index (χ0n) is 22.0. The van der Waals surface area contributed by atoms with Crippen molar-refractivity contribution in [3.63, 3.8) is 0 Å². The predicted octanol–water partition coefficient (Wildman–Crippen LogP) is 8.09. The van der Waals surface area contributed by atoms with Gasteiger partial charge in [-0.25, -0.2) is 0 Å². The molecule has 1 atom stereocenters. The molecule has 214 valence electrons. The minimum atomic E-state index is -4.74. The van der Waals surface area contributed by atoms with Crippen LogP contribution >= 0.6 is 22.6 Å². The molecule has 0 saturated carbocycles. The van der Waals surface area contributed by atoms with Gasteiger partial charge in [-0.15, -0.1) is 13.2 Å². The number of nitrogens with one attached hydrogen (secondary N) is 1. The van der Waals surface area contributed by atoms with E-state index in [-0.39, 0.29) is 24.6 Å². The first-order chi connectivity index (χ1) is 19.0. The van der Waals surface area contributed by atoms with E-state index in [4.69, 9.17) is 9.84 Å². The van der Waals surface area contributed by atoms with Crippen LogP contribution in [0.15, 0.2) is 72.8 Å². The summed E-state index contributed by atoms with van der Waals surface area (Å²) in [4.78, 5) is 23.0. The van der Waals surface area contributed by atoms with Crippen LogP contribution in [0.25, 0.3) is 11.1 Å². The molecule has 0 radical (unpaired) electrons. The van der Waals surface area contributed by atoms with Crippen molar-refractivity contribution >= 4 is 34.5 Å². The smallest absolute Gasteiger partial charge is 0.481 e. The number of carbonyl (C=O) groups excluding carboxylic acids is 1. The molecule has 0 spiro atoms. The molecule has 1 unspecified atom stereocenters. The molecular formula is C30H31F3INO5. The molecule has 0 aliphatic carbocycles. The van der Waals surface area contributed by atoms with Crippen LogP contribution in [0, 0.1) is 0 Å². The van der Waals surface area contributed by atoms with Crippen molar-refractivity contribution in [1.82, 2.24) is 5.32 Å². The first-order valence-corrected chi connectivity index (χ1v) is 14.0. The van der Waals surface area contributed by atoms with Gasteiger partial charge in [-0.3, -0.25) is 9.59 Å². The van der Waals surface area contributed by atoms with E-state index in [1.807, 2.05) is 36.4 Å². The normalized spacial score (nSPS) is 12.8. The first-order valence-electron chi connectivity index (χ1n) is 12.9. The Labute approximate surface area is 245 Å². The number of carboxylic acids is 1. The summed E-state index contributed by atoms with van der Waals surface area (Å²) in [5, 5.41) is 11.4. The van der Waals surface area contributed by atoms with Gasteiger partial charge in [-0.1, -0.05) is 62.6 Å². The quantitative estimate of drug-likeness (QED) is 0.103. The number of ether oxygens (including phenoxy) is 2. The van der Waals surface area contributed by atoms with Crippen LogP contribution in [0.1, 0.15) is 61.4 Å². The van der Waals surface area contributed by atoms with Gasteiger partial charge < -0.3 is 19.9 Å². The van der Waals surface area contributed by atoms with Crippen LogP contribution in [-0.2, 0) is 8.40 Å². The van der Waals surface area contributed by atoms with Gasteiger partial charge in [0.1, 0.15) is 11.5 Å². The van der Waals surface area contributed by atoms with E-state index in [2.05, 4.69) is 39.6 Å². The number of rotatable bonds is 14. The third kappa shape index (κ3) is 9.72. The van der Waals surface area contributed by atoms with Gasteiger partial charge in [-0.05, 0) is 76.5 Å². The Hall–Kier alpha value is -3.28. The number of alkyl halides is 4. The lowest BCUT2D eigenvalue weighted by Gasteiger charge is -2.30. The zero-order valence-corrected chi connectivity index (χ0v) is 24.1. The number of halogens is 4. The Bertz CT molecular complexity index is 1250. The predicted molar refractivity (Wildman–Crippen MR) is 155 cm³/mol. The summed E-state index contributed by atoms with van der Waals surface area (Å²) in [6.45, 7) is 2.20. The van der Waals surface area contributed by atoms with Gasteiger partial charge in [0, 0.05) is 24.1 Å². The third-order valence-electron chi connectivity index (χ3n) is 6.11. The Balaban J connectivity index is 1.74. The summed E-state index contributed by atoms with van der Waals surface area (Å²) in [7, 11) is 0. The molecule has 10 heteroatoms. The van der Waals surface area contributed by atoms with E-state index in [0.29, 0.717) is 11.3 Å². The van der Waals surface area contributed by atoms with E-state index >= 15 is 0 Å². The average Bonchev–Trinajstić information content (AvgIpc) is 2.91. The highest BCUT2D eigenvalue weighted by atomic mass is 127. The molecule has 0 fully saturated rings. The lowest BCUT2D eigenvalue weighted by Crippen LogP contribution is -2.27. The monoisotopic (exact) mass is 669 g/mol. The van der Waals surface area contributed by atoms with Gasteiger partial charge in [0.25, 0.3) is 5.91 Å². The molecule has 0 aliphatic rings. The van der Waals surface area contributed by atoms with Crippen LogP contribution in [0.5, 0.6) is 11.5 Å². The fraction of sp³-hybridized carbons (Fsp3) is 0.333. The van der Waals surface area contributed by atoms with Crippen LogP contribution in [0.4, 0.5) is 13.2 Å². The fourth-order valence-corrected chi connectivity index (χ4v) is 5.04. The number of aliphatic carboxylic acids is 1. The third-order valence-corrected chi connectivity index (χ3v) is 7.49. The highest BCUT2D eigenvalue weighted by Gasteiger charge is 2.32. The molecule has 0 aliphatic heterocycles. The maximum absolute atomic E-state index is 12.4. The van der Waals surface area contributed by atoms with Gasteiger partial charge in [-0.2, -0.15) is 0 Å². The second-order valence-electron chi connectivity index (χ2n) is 9.21. The molecule has 0 aromatic heterocycles. The minimum Gasteiger partial charge on any atom is -0.481 e. The first kappa shape index (κ1) is 31.3. The highest BCUT2D eigenvalue weighted by Crippen LogP contribution is 2.40. The van der Waals surface area contributed by atoms with Crippen molar-refractivity contribution in [2.45, 2.75) is 55.4 Å². The number of unbranched alkanes of at least 4 members (excludes halogenated alkanes) is 3. The summed E-state index contributed by atoms with van der Waals surface area (Å²) in [5.74, 6) is -0.977. The number of carboxylic acid groups (broad SMARTS) is 1. The van der Waals surface area contributed by atoms with Crippen LogP contribution in [0.3, 0.4) is 0 Å². The van der Waals surface area contributed by atoms with Gasteiger partial charge in [0.05, 0.1) is 6.42 Å². The number of hydrogen-bond acceptors (Lipinski definition) is 4. The summed E-state index contributed by atoms with van der Waals surface area (Å²) in [6, 6.07) is 20.1. The maximum atomic E-state index is 12.4. The molecule has 0 heterocycles. The van der Waals surface area contributed by atoms with E-state index in [0.717, 1.165) is 48.8 Å². The average molecular weight is 669 g/mol. The van der Waals surface area contributed by atoms with Crippen molar-refractivity contribution < 1.29 is 37.3 Å². The van der Waals surface area contributed by atoms with E-state index in [1.165, 1.54) is 12.1 Å². The molecule has 3 aromatic rings. The molecule has 1 amide bonds. The molecule has 0 saturated heterocycles. The Kier molecular flexibility index (Phi) is 11.2. The summed E-state index contributed by atoms with van der Waals surface area (Å²) in [5.41, 5.74) is 2.86. The van der Waals surface area contributed by atoms with Gasteiger partial charge in [0.2, 0.25) is 0 Å². The lowest BCUT2D eigenvalue weighted by molar-refractivity contribution is -0.274. The van der Waals surface area contributed by atoms with Crippen LogP contribution < -0.4 is 14.8 Å². The summed E-state index contributed by atoms with van der Waals surface area (Å²) in [6.07, 6.45) is 0.0657. The molecule has 2 N–H and O–H groups in total. The van der Waals surface area contributed by atoms with E-state index < -0.39 is 15.9 Å². The van der Waals surface area contributed by atoms with E-state index in [1.54, 1.807) is 24.3 Å². The SMILES string of the molecule is CCCCCCC(I)(Oc1ccc(-c2ccc(OC(F)(F)F)cc2)cc1)c1ccc(C(=O)NCCC(=O)O)cc1. The standard InChI is InChI=1S/C30H31F3INO5/c1-2-3-4-5-19-29(34,24-12-6-23(7-13-24)28(38)35-20-18-27(36)37)39-25-14-8-21(9-15-25)22-10-16-26(17-11-22)40-30(31,32)33/h6-17H,2-5,18-20H2,1H3,(H,35,38)(H,36,37). The number of amides is 1. The second-order valence-corrected chi connectivity index (χ2v) is 11.0. The molecule has 6 nitrogen and oxygen atoms in total. The van der Waals surface area contributed by atoms with E-state index in [9.17, 15) is 22.8 Å². The molecular weight excluding hydrogens is 638 g/mol. The minimum absolute atomic E-state index is 0.0498. The van der Waals surface area contributed by atoms with Crippen molar-refractivity contribution in [3.05, 3.63) is 83.9 Å². The molecule has 3 rings (SSSR count). The Morgan fingerprint density at radius 3 is 1.88 bits per heavy atom. The largest absolute Gasteiger partial charge is 0.573 e. The Morgan fingerprint density at radius 1 is 0.825 bits per heavy atom. The topological polar surface area (TPSA) is 84.9 Å². The molecule has 40 heavy (non-hydrogen) atoms. The zero-order chi connectivity index (χ0) is 29.2. The number of benzene rings is 3. The van der Waals surface area contributed by atoms with Crippen LogP contribution in [-0.4, -0.2) is 29.9 Å². The lowest BCUT2D eigenvalue weighted by atomic mass is 10.0. The summed E-state index contributed by atoms with van der Waals surface area (Å²) < 4.78 is 47.0. The van der Waals surface area contributed by atoms with Crippen molar-refractivity contribution in [2.24, 2.45) is 0 Å². The van der Waals surface area contributed by atoms with Gasteiger partial charge >= 0.3 is 12.3 Å². The van der Waals surface area contributed by atoms with Crippen LogP contribution in [0.2, 0.25) is 0 Å². The Morgan fingerprint density at radius 2 is 1.38 bits per heavy atom. The van der Waals surface area contributed by atoms with Crippen molar-refractivity contribution in [2.75, 3.05) is 6.54 Å². The van der Waals surface area contributed by atoms with Crippen molar-refractivity contribution in [3.8, 4) is 22.6 Å².